The summed E-state index contributed by atoms with van der Waals surface area (Å²) in [5.74, 6) is 0.993. The fraction of sp³-hybridized carbons (Fsp3) is 0.227. The normalized spacial score (nSPS) is 14.2. The number of benzene rings is 2. The first-order valence-electron chi connectivity index (χ1n) is 8.75. The van der Waals surface area contributed by atoms with Gasteiger partial charge in [-0.2, -0.15) is 0 Å². The zero-order valence-electron chi connectivity index (χ0n) is 15.4. The number of nitrogens with zero attached hydrogens (tertiary/aromatic N) is 1. The van der Waals surface area contributed by atoms with Crippen LogP contribution < -0.4 is 9.47 Å². The molecule has 0 saturated heterocycles. The second-order valence-electron chi connectivity index (χ2n) is 6.20. The molecule has 140 valence electrons. The van der Waals surface area contributed by atoms with Gasteiger partial charge in [0.25, 0.3) is 0 Å². The molecule has 2 aromatic carbocycles. The molecule has 5 heteroatoms. The van der Waals surface area contributed by atoms with Crippen LogP contribution in [0.1, 0.15) is 17.5 Å². The molecule has 0 saturated carbocycles. The molecule has 0 fully saturated rings. The third kappa shape index (κ3) is 4.52. The molecule has 0 spiro atoms. The van der Waals surface area contributed by atoms with Crippen LogP contribution in [0.5, 0.6) is 11.5 Å². The molecular weight excluding hydrogens is 362 g/mol. The lowest BCUT2D eigenvalue weighted by molar-refractivity contribution is -0.125. The zero-order chi connectivity index (χ0) is 19.2. The van der Waals surface area contributed by atoms with E-state index in [4.69, 9.17) is 21.1 Å². The van der Waals surface area contributed by atoms with Crippen molar-refractivity contribution in [3.63, 3.8) is 0 Å². The van der Waals surface area contributed by atoms with Crippen LogP contribution >= 0.6 is 11.6 Å². The minimum Gasteiger partial charge on any atom is -0.493 e. The van der Waals surface area contributed by atoms with Gasteiger partial charge in [0.1, 0.15) is 0 Å². The second-order valence-corrected chi connectivity index (χ2v) is 6.61. The molecule has 1 aliphatic heterocycles. The van der Waals surface area contributed by atoms with Crippen LogP contribution in [0.4, 0.5) is 0 Å². The van der Waals surface area contributed by atoms with Crippen LogP contribution in [-0.4, -0.2) is 38.1 Å². The van der Waals surface area contributed by atoms with Gasteiger partial charge >= 0.3 is 0 Å². The maximum atomic E-state index is 12.5. The molecule has 0 aliphatic carbocycles. The highest BCUT2D eigenvalue weighted by Crippen LogP contribution is 2.36. The minimum atomic E-state index is -0.0238. The molecule has 0 aromatic heterocycles. The van der Waals surface area contributed by atoms with Crippen LogP contribution in [0, 0.1) is 0 Å². The molecule has 0 atom stereocenters. The van der Waals surface area contributed by atoms with Gasteiger partial charge in [0, 0.05) is 19.2 Å². The number of hydrogen-bond donors (Lipinski definition) is 0. The summed E-state index contributed by atoms with van der Waals surface area (Å²) < 4.78 is 10.5. The first-order valence-corrected chi connectivity index (χ1v) is 9.13. The third-order valence-electron chi connectivity index (χ3n) is 4.54. The van der Waals surface area contributed by atoms with Crippen LogP contribution in [-0.2, 0) is 4.79 Å². The van der Waals surface area contributed by atoms with E-state index < -0.39 is 0 Å². The number of methoxy groups -OCH3 is 2. The Hall–Kier alpha value is -2.72. The van der Waals surface area contributed by atoms with Gasteiger partial charge in [-0.05, 0) is 41.3 Å². The molecule has 1 heterocycles. The number of ether oxygens (including phenoxy) is 2. The van der Waals surface area contributed by atoms with Crippen molar-refractivity contribution in [2.75, 3.05) is 27.3 Å². The quantitative estimate of drug-likeness (QED) is 0.703. The summed E-state index contributed by atoms with van der Waals surface area (Å²) in [5.41, 5.74) is 3.29. The number of hydrogen-bond acceptors (Lipinski definition) is 3. The van der Waals surface area contributed by atoms with E-state index in [0.717, 1.165) is 12.0 Å². The van der Waals surface area contributed by atoms with E-state index in [1.54, 1.807) is 31.4 Å². The van der Waals surface area contributed by atoms with Crippen LogP contribution in [0.25, 0.3) is 11.6 Å². The molecule has 3 rings (SSSR count). The van der Waals surface area contributed by atoms with Crippen molar-refractivity contribution in [1.29, 1.82) is 0 Å². The largest absolute Gasteiger partial charge is 0.493 e. The Balaban J connectivity index is 1.68. The van der Waals surface area contributed by atoms with Crippen LogP contribution in [0.15, 0.2) is 54.6 Å². The summed E-state index contributed by atoms with van der Waals surface area (Å²) in [6, 6.07) is 13.8. The SMILES string of the molecule is COc1cc(C=CC(=O)N2CC=C(c3ccccc3)CC2)cc(Cl)c1OC. The summed E-state index contributed by atoms with van der Waals surface area (Å²) in [4.78, 5) is 14.3. The molecule has 1 aliphatic rings. The van der Waals surface area contributed by atoms with E-state index in [9.17, 15) is 4.79 Å². The highest BCUT2D eigenvalue weighted by molar-refractivity contribution is 6.32. The Labute approximate surface area is 164 Å². The predicted molar refractivity (Wildman–Crippen MR) is 109 cm³/mol. The summed E-state index contributed by atoms with van der Waals surface area (Å²) in [5, 5.41) is 0.442. The molecule has 0 radical (unpaired) electrons. The van der Waals surface area contributed by atoms with Gasteiger partial charge in [0.05, 0.1) is 19.2 Å². The smallest absolute Gasteiger partial charge is 0.246 e. The Morgan fingerprint density at radius 2 is 1.93 bits per heavy atom. The van der Waals surface area contributed by atoms with Crippen molar-refractivity contribution in [2.45, 2.75) is 6.42 Å². The van der Waals surface area contributed by atoms with Crippen LogP contribution in [0.2, 0.25) is 5.02 Å². The molecule has 0 bridgehead atoms. The topological polar surface area (TPSA) is 38.8 Å². The van der Waals surface area contributed by atoms with Crippen LogP contribution in [0.3, 0.4) is 0 Å². The Morgan fingerprint density at radius 3 is 2.56 bits per heavy atom. The first kappa shape index (κ1) is 19.1. The fourth-order valence-electron chi connectivity index (χ4n) is 3.09. The lowest BCUT2D eigenvalue weighted by Gasteiger charge is -2.25. The summed E-state index contributed by atoms with van der Waals surface area (Å²) in [6.45, 7) is 1.32. The Kier molecular flexibility index (Phi) is 6.20. The van der Waals surface area contributed by atoms with Crippen molar-refractivity contribution < 1.29 is 14.3 Å². The van der Waals surface area contributed by atoms with E-state index in [1.807, 2.05) is 23.1 Å². The van der Waals surface area contributed by atoms with Crippen molar-refractivity contribution >= 4 is 29.2 Å². The molecule has 4 nitrogen and oxygen atoms in total. The number of carbonyl (C=O) groups excluding carboxylic acids is 1. The Morgan fingerprint density at radius 1 is 1.15 bits per heavy atom. The van der Waals surface area contributed by atoms with Crippen molar-refractivity contribution in [3.8, 4) is 11.5 Å². The molecule has 0 unspecified atom stereocenters. The number of amides is 1. The third-order valence-corrected chi connectivity index (χ3v) is 4.82. The van der Waals surface area contributed by atoms with E-state index in [1.165, 1.54) is 18.2 Å². The predicted octanol–water partition coefficient (Wildman–Crippen LogP) is 4.69. The maximum absolute atomic E-state index is 12.5. The van der Waals surface area contributed by atoms with E-state index >= 15 is 0 Å². The minimum absolute atomic E-state index is 0.0238. The average molecular weight is 384 g/mol. The lowest BCUT2D eigenvalue weighted by Crippen LogP contribution is -2.33. The first-order chi connectivity index (χ1) is 13.1. The van der Waals surface area contributed by atoms with Crippen molar-refractivity contribution in [3.05, 3.63) is 70.8 Å². The van der Waals surface area contributed by atoms with Crippen molar-refractivity contribution in [2.24, 2.45) is 0 Å². The number of halogens is 1. The monoisotopic (exact) mass is 383 g/mol. The van der Waals surface area contributed by atoms with Gasteiger partial charge in [-0.3, -0.25) is 4.79 Å². The van der Waals surface area contributed by atoms with Gasteiger partial charge in [0.2, 0.25) is 5.91 Å². The zero-order valence-corrected chi connectivity index (χ0v) is 16.2. The van der Waals surface area contributed by atoms with Crippen molar-refractivity contribution in [1.82, 2.24) is 4.90 Å². The number of rotatable bonds is 5. The Bertz CT molecular complexity index is 875. The molecular formula is C22H22ClNO3. The van der Waals surface area contributed by atoms with Gasteiger partial charge < -0.3 is 14.4 Å². The van der Waals surface area contributed by atoms with Gasteiger partial charge in [-0.1, -0.05) is 48.0 Å². The second kappa shape index (κ2) is 8.78. The fourth-order valence-corrected chi connectivity index (χ4v) is 3.39. The van der Waals surface area contributed by atoms with Gasteiger partial charge in [0.15, 0.2) is 11.5 Å². The summed E-state index contributed by atoms with van der Waals surface area (Å²) in [6.07, 6.45) is 6.29. The summed E-state index contributed by atoms with van der Waals surface area (Å²) in [7, 11) is 3.09. The number of carbonyl (C=O) groups is 1. The molecule has 0 N–H and O–H groups in total. The van der Waals surface area contributed by atoms with E-state index in [2.05, 4.69) is 18.2 Å². The maximum Gasteiger partial charge on any atom is 0.246 e. The van der Waals surface area contributed by atoms with E-state index in [-0.39, 0.29) is 5.91 Å². The highest BCUT2D eigenvalue weighted by atomic mass is 35.5. The highest BCUT2D eigenvalue weighted by Gasteiger charge is 2.16. The molecule has 2 aromatic rings. The van der Waals surface area contributed by atoms with Gasteiger partial charge in [-0.25, -0.2) is 0 Å². The average Bonchev–Trinajstić information content (AvgIpc) is 2.72. The summed E-state index contributed by atoms with van der Waals surface area (Å²) >= 11 is 6.21. The van der Waals surface area contributed by atoms with E-state index in [0.29, 0.717) is 29.6 Å². The van der Waals surface area contributed by atoms with Gasteiger partial charge in [-0.15, -0.1) is 0 Å². The molecule has 27 heavy (non-hydrogen) atoms. The standard InChI is InChI=1S/C22H22ClNO3/c1-26-20-15-16(14-19(23)22(20)27-2)8-9-21(25)24-12-10-18(11-13-24)17-6-4-3-5-7-17/h3-10,14-15H,11-13H2,1-2H3. The lowest BCUT2D eigenvalue weighted by atomic mass is 9.99. The molecule has 1 amide bonds.